The van der Waals surface area contributed by atoms with Crippen molar-refractivity contribution in [3.8, 4) is 6.07 Å². The highest BCUT2D eigenvalue weighted by atomic mass is 35.5. The van der Waals surface area contributed by atoms with E-state index >= 15 is 0 Å². The zero-order chi connectivity index (χ0) is 22.2. The summed E-state index contributed by atoms with van der Waals surface area (Å²) >= 11 is 6.33. The van der Waals surface area contributed by atoms with Gasteiger partial charge in [0.25, 0.3) is 5.91 Å². The molecule has 1 heterocycles. The minimum Gasteiger partial charge on any atom is -0.302 e. The van der Waals surface area contributed by atoms with Crippen molar-refractivity contribution < 1.29 is 4.79 Å². The lowest BCUT2D eigenvalue weighted by molar-refractivity contribution is 0.0944. The van der Waals surface area contributed by atoms with Crippen LogP contribution in [-0.4, -0.2) is 40.4 Å². The molecule has 1 aliphatic rings. The molecule has 0 aliphatic heterocycles. The Morgan fingerprint density at radius 3 is 2.65 bits per heavy atom. The van der Waals surface area contributed by atoms with Gasteiger partial charge in [-0.15, -0.1) is 0 Å². The maximum atomic E-state index is 13.0. The molecule has 0 radical (unpaired) electrons. The number of hydrazine groups is 1. The fourth-order valence-electron chi connectivity index (χ4n) is 3.81. The van der Waals surface area contributed by atoms with Crippen molar-refractivity contribution in [2.75, 3.05) is 18.6 Å². The standard InChI is InChI=1S/C23H29ClN6O/c1-3-4-13-29(2)16-17-9-11-18(12-10-17)23(31)28-30(19-7-5-6-8-19)22-20(24)15-26-21(14-25)27-22/h9-12,15,19H,3-8,13,16H2,1-2H3,(H,28,31). The van der Waals surface area contributed by atoms with Crippen molar-refractivity contribution in [3.05, 3.63) is 52.4 Å². The van der Waals surface area contributed by atoms with Gasteiger partial charge in [-0.2, -0.15) is 10.2 Å². The molecule has 0 bridgehead atoms. The van der Waals surface area contributed by atoms with Crippen molar-refractivity contribution >= 4 is 23.3 Å². The smallest absolute Gasteiger partial charge is 0.269 e. The zero-order valence-electron chi connectivity index (χ0n) is 18.1. The van der Waals surface area contributed by atoms with Crippen LogP contribution in [-0.2, 0) is 6.54 Å². The van der Waals surface area contributed by atoms with E-state index in [1.165, 1.54) is 24.6 Å². The third-order valence-corrected chi connectivity index (χ3v) is 5.79. The minimum absolute atomic E-state index is 0.0215. The molecule has 0 saturated heterocycles. The molecular formula is C23H29ClN6O. The van der Waals surface area contributed by atoms with Gasteiger partial charge in [-0.3, -0.25) is 15.2 Å². The number of nitrogens with one attached hydrogen (secondary N) is 1. The molecular weight excluding hydrogens is 412 g/mol. The second-order valence-corrected chi connectivity index (χ2v) is 8.42. The lowest BCUT2D eigenvalue weighted by Gasteiger charge is -2.30. The number of nitriles is 1. The number of hydrogen-bond donors (Lipinski definition) is 1. The van der Waals surface area contributed by atoms with Crippen LogP contribution in [0.4, 0.5) is 5.82 Å². The summed E-state index contributed by atoms with van der Waals surface area (Å²) < 4.78 is 0. The Balaban J connectivity index is 1.74. The van der Waals surface area contributed by atoms with E-state index in [2.05, 4.69) is 34.3 Å². The fourth-order valence-corrected chi connectivity index (χ4v) is 4.00. The average molecular weight is 441 g/mol. The molecule has 2 aromatic rings. The Bertz CT molecular complexity index is 921. The number of hydrogen-bond acceptors (Lipinski definition) is 6. The molecule has 1 saturated carbocycles. The van der Waals surface area contributed by atoms with Gasteiger partial charge in [-0.05, 0) is 50.6 Å². The molecule has 0 atom stereocenters. The highest BCUT2D eigenvalue weighted by Gasteiger charge is 2.28. The Morgan fingerprint density at radius 1 is 1.29 bits per heavy atom. The second kappa shape index (κ2) is 11.1. The van der Waals surface area contributed by atoms with Gasteiger partial charge in [0.05, 0.1) is 12.2 Å². The Morgan fingerprint density at radius 2 is 2.00 bits per heavy atom. The van der Waals surface area contributed by atoms with Crippen LogP contribution in [0.15, 0.2) is 30.5 Å². The predicted octanol–water partition coefficient (Wildman–Crippen LogP) is 4.33. The first kappa shape index (κ1) is 23.0. The molecule has 1 aromatic carbocycles. The van der Waals surface area contributed by atoms with E-state index in [-0.39, 0.29) is 17.8 Å². The normalized spacial score (nSPS) is 13.9. The topological polar surface area (TPSA) is 85.2 Å². The highest BCUT2D eigenvalue weighted by Crippen LogP contribution is 2.30. The number of halogens is 1. The molecule has 0 spiro atoms. The van der Waals surface area contributed by atoms with Crippen molar-refractivity contribution in [1.29, 1.82) is 5.26 Å². The van der Waals surface area contributed by atoms with Crippen LogP contribution in [0.2, 0.25) is 5.02 Å². The molecule has 31 heavy (non-hydrogen) atoms. The van der Waals surface area contributed by atoms with E-state index in [9.17, 15) is 4.79 Å². The molecule has 1 aromatic heterocycles. The third kappa shape index (κ3) is 6.16. The minimum atomic E-state index is -0.231. The maximum absolute atomic E-state index is 13.0. The molecule has 1 N–H and O–H groups in total. The van der Waals surface area contributed by atoms with Gasteiger partial charge in [0.15, 0.2) is 5.82 Å². The Hall–Kier alpha value is -2.69. The summed E-state index contributed by atoms with van der Waals surface area (Å²) in [4.78, 5) is 23.5. The molecule has 8 heteroatoms. The van der Waals surface area contributed by atoms with Crippen molar-refractivity contribution in [2.45, 2.75) is 58.0 Å². The van der Waals surface area contributed by atoms with E-state index in [4.69, 9.17) is 16.9 Å². The van der Waals surface area contributed by atoms with Crippen LogP contribution in [0, 0.1) is 11.3 Å². The van der Waals surface area contributed by atoms with Gasteiger partial charge in [-0.25, -0.2) is 4.98 Å². The molecule has 1 fully saturated rings. The van der Waals surface area contributed by atoms with Crippen LogP contribution >= 0.6 is 11.6 Å². The van der Waals surface area contributed by atoms with E-state index in [1.807, 2.05) is 30.3 Å². The Labute approximate surface area is 189 Å². The Kier molecular flexibility index (Phi) is 8.21. The summed E-state index contributed by atoms with van der Waals surface area (Å²) in [6, 6.07) is 9.67. The van der Waals surface area contributed by atoms with Crippen LogP contribution < -0.4 is 10.4 Å². The predicted molar refractivity (Wildman–Crippen MR) is 122 cm³/mol. The fraction of sp³-hybridized carbons (Fsp3) is 0.478. The average Bonchev–Trinajstić information content (AvgIpc) is 3.31. The molecule has 0 unspecified atom stereocenters. The van der Waals surface area contributed by atoms with Crippen LogP contribution in [0.5, 0.6) is 0 Å². The zero-order valence-corrected chi connectivity index (χ0v) is 18.9. The van der Waals surface area contributed by atoms with Crippen LogP contribution in [0.3, 0.4) is 0 Å². The number of rotatable bonds is 9. The van der Waals surface area contributed by atoms with E-state index in [0.717, 1.165) is 38.8 Å². The quantitative estimate of drug-likeness (QED) is 0.584. The van der Waals surface area contributed by atoms with Crippen LogP contribution in [0.25, 0.3) is 0 Å². The van der Waals surface area contributed by atoms with Crippen molar-refractivity contribution in [3.63, 3.8) is 0 Å². The number of carbonyl (C=O) groups excluding carboxylic acids is 1. The van der Waals surface area contributed by atoms with Gasteiger partial charge < -0.3 is 4.90 Å². The summed E-state index contributed by atoms with van der Waals surface area (Å²) in [5.74, 6) is 0.154. The van der Waals surface area contributed by atoms with Crippen molar-refractivity contribution in [2.24, 2.45) is 0 Å². The SMILES string of the molecule is CCCCN(C)Cc1ccc(C(=O)NN(c2nc(C#N)ncc2Cl)C2CCCC2)cc1. The summed E-state index contributed by atoms with van der Waals surface area (Å²) in [7, 11) is 2.11. The molecule has 1 amide bonds. The first-order valence-corrected chi connectivity index (χ1v) is 11.2. The van der Waals surface area contributed by atoms with E-state index in [1.54, 1.807) is 5.01 Å². The maximum Gasteiger partial charge on any atom is 0.269 e. The van der Waals surface area contributed by atoms with E-state index in [0.29, 0.717) is 16.4 Å². The highest BCUT2D eigenvalue weighted by molar-refractivity contribution is 6.32. The number of unbranched alkanes of at least 4 members (excludes halogenated alkanes) is 1. The van der Waals surface area contributed by atoms with Gasteiger partial charge in [0.1, 0.15) is 11.1 Å². The van der Waals surface area contributed by atoms with Crippen molar-refractivity contribution in [1.82, 2.24) is 20.3 Å². The second-order valence-electron chi connectivity index (χ2n) is 8.01. The van der Waals surface area contributed by atoms with Gasteiger partial charge in [0.2, 0.25) is 5.82 Å². The first-order chi connectivity index (χ1) is 15.0. The lowest BCUT2D eigenvalue weighted by Crippen LogP contribution is -2.48. The van der Waals surface area contributed by atoms with E-state index < -0.39 is 0 Å². The number of anilines is 1. The van der Waals surface area contributed by atoms with Gasteiger partial charge in [-0.1, -0.05) is 49.9 Å². The number of carbonyl (C=O) groups is 1. The monoisotopic (exact) mass is 440 g/mol. The molecule has 3 rings (SSSR count). The molecule has 1 aliphatic carbocycles. The number of benzene rings is 1. The number of nitrogens with zero attached hydrogens (tertiary/aromatic N) is 5. The summed E-state index contributed by atoms with van der Waals surface area (Å²) in [5, 5.41) is 11.2. The lowest BCUT2D eigenvalue weighted by atomic mass is 10.1. The van der Waals surface area contributed by atoms with Crippen LogP contribution in [0.1, 0.15) is 67.2 Å². The first-order valence-electron chi connectivity index (χ1n) is 10.8. The third-order valence-electron chi connectivity index (χ3n) is 5.53. The molecule has 7 nitrogen and oxygen atoms in total. The number of aromatic nitrogens is 2. The summed E-state index contributed by atoms with van der Waals surface area (Å²) in [5.41, 5.74) is 4.70. The largest absolute Gasteiger partial charge is 0.302 e. The summed E-state index contributed by atoms with van der Waals surface area (Å²) in [6.07, 6.45) is 7.74. The van der Waals surface area contributed by atoms with Gasteiger partial charge >= 0.3 is 0 Å². The number of amides is 1. The molecule has 164 valence electrons. The van der Waals surface area contributed by atoms with Gasteiger partial charge in [0, 0.05) is 12.1 Å². The summed E-state index contributed by atoms with van der Waals surface area (Å²) in [6.45, 7) is 4.09.